The van der Waals surface area contributed by atoms with Crippen LogP contribution in [0, 0.1) is 11.3 Å². The van der Waals surface area contributed by atoms with E-state index < -0.39 is 11.9 Å². The number of amides is 1. The van der Waals surface area contributed by atoms with Gasteiger partial charge in [-0.05, 0) is 43.7 Å². The third-order valence-corrected chi connectivity index (χ3v) is 6.94. The Hall–Kier alpha value is -3.70. The standard InChI is InChI=1S/C26H26N4O3S/c1-2-3-13-33-26(32)22-20-11-7-8-12-21(20)34-25(22)29-24(31)18(15-27)14-19-16-28-30-23(19)17-9-5-4-6-10-17/h4-6,9-10,14,16H,2-3,7-8,11-13H2,1H3,(H,28,30)(H,29,31)/b18-14+. The summed E-state index contributed by atoms with van der Waals surface area (Å²) in [6, 6.07) is 11.5. The van der Waals surface area contributed by atoms with Gasteiger partial charge in [0.15, 0.2) is 0 Å². The summed E-state index contributed by atoms with van der Waals surface area (Å²) in [5, 5.41) is 20.0. The highest BCUT2D eigenvalue weighted by Gasteiger charge is 2.28. The Morgan fingerprint density at radius 3 is 2.82 bits per heavy atom. The van der Waals surface area contributed by atoms with Gasteiger partial charge in [0.2, 0.25) is 0 Å². The van der Waals surface area contributed by atoms with Gasteiger partial charge in [-0.1, -0.05) is 43.7 Å². The van der Waals surface area contributed by atoms with Crippen LogP contribution in [0.3, 0.4) is 0 Å². The van der Waals surface area contributed by atoms with Crippen molar-refractivity contribution in [3.63, 3.8) is 0 Å². The monoisotopic (exact) mass is 474 g/mol. The highest BCUT2D eigenvalue weighted by Crippen LogP contribution is 2.39. The number of fused-ring (bicyclic) bond motifs is 1. The molecule has 34 heavy (non-hydrogen) atoms. The second-order valence-corrected chi connectivity index (χ2v) is 9.20. The fourth-order valence-corrected chi connectivity index (χ4v) is 5.24. The number of aromatic nitrogens is 2. The number of nitrogens with zero attached hydrogens (tertiary/aromatic N) is 2. The maximum atomic E-state index is 13.1. The third kappa shape index (κ3) is 5.10. The Bertz CT molecular complexity index is 1250. The summed E-state index contributed by atoms with van der Waals surface area (Å²) in [6.07, 6.45) is 8.51. The zero-order valence-corrected chi connectivity index (χ0v) is 19.8. The van der Waals surface area contributed by atoms with Gasteiger partial charge >= 0.3 is 5.97 Å². The Morgan fingerprint density at radius 2 is 2.06 bits per heavy atom. The van der Waals surface area contributed by atoms with Gasteiger partial charge in [0.25, 0.3) is 5.91 Å². The quantitative estimate of drug-likeness (QED) is 0.193. The predicted molar refractivity (Wildman–Crippen MR) is 132 cm³/mol. The number of thiophene rings is 1. The molecule has 0 saturated carbocycles. The summed E-state index contributed by atoms with van der Waals surface area (Å²) in [5.74, 6) is -0.976. The van der Waals surface area contributed by atoms with Crippen LogP contribution in [0.25, 0.3) is 17.3 Å². The number of H-pyrrole nitrogens is 1. The van der Waals surface area contributed by atoms with Crippen LogP contribution >= 0.6 is 11.3 Å². The number of hydrogen-bond donors (Lipinski definition) is 2. The summed E-state index contributed by atoms with van der Waals surface area (Å²) in [6.45, 7) is 2.38. The molecule has 2 N–H and O–H groups in total. The molecule has 3 aromatic rings. The van der Waals surface area contributed by atoms with Gasteiger partial charge in [-0.15, -0.1) is 11.3 Å². The van der Waals surface area contributed by atoms with Crippen molar-refractivity contribution in [2.24, 2.45) is 0 Å². The van der Waals surface area contributed by atoms with Crippen LogP contribution in [0.15, 0.2) is 42.1 Å². The summed E-state index contributed by atoms with van der Waals surface area (Å²) in [5.41, 5.74) is 3.57. The van der Waals surface area contributed by atoms with Crippen molar-refractivity contribution in [2.75, 3.05) is 11.9 Å². The van der Waals surface area contributed by atoms with Crippen LogP contribution < -0.4 is 5.32 Å². The topological polar surface area (TPSA) is 108 Å². The van der Waals surface area contributed by atoms with Gasteiger partial charge in [0, 0.05) is 16.0 Å². The molecule has 0 unspecified atom stereocenters. The van der Waals surface area contributed by atoms with Crippen molar-refractivity contribution < 1.29 is 14.3 Å². The van der Waals surface area contributed by atoms with Crippen LogP contribution in [0.4, 0.5) is 5.00 Å². The number of esters is 1. The first-order valence-electron chi connectivity index (χ1n) is 11.5. The number of aromatic amines is 1. The van der Waals surface area contributed by atoms with E-state index in [0.717, 1.165) is 54.5 Å². The molecule has 0 radical (unpaired) electrons. The van der Waals surface area contributed by atoms with Crippen LogP contribution in [0.1, 0.15) is 59.0 Å². The van der Waals surface area contributed by atoms with Crippen LogP contribution in [-0.4, -0.2) is 28.7 Å². The minimum atomic E-state index is -0.566. The number of nitriles is 1. The molecular formula is C26H26N4O3S. The molecule has 4 rings (SSSR count). The number of carbonyl (C=O) groups excluding carboxylic acids is 2. The normalized spacial score (nSPS) is 13.1. The lowest BCUT2D eigenvalue weighted by atomic mass is 9.95. The molecule has 1 amide bonds. The molecule has 1 aliphatic rings. The number of unbranched alkanes of at least 4 members (excludes halogenated alkanes) is 1. The van der Waals surface area contributed by atoms with E-state index in [0.29, 0.717) is 28.4 Å². The van der Waals surface area contributed by atoms with Gasteiger partial charge in [0.05, 0.1) is 24.1 Å². The lowest BCUT2D eigenvalue weighted by Crippen LogP contribution is -2.17. The Balaban J connectivity index is 1.61. The number of rotatable bonds is 8. The van der Waals surface area contributed by atoms with Gasteiger partial charge in [-0.3, -0.25) is 9.89 Å². The maximum absolute atomic E-state index is 13.1. The van der Waals surface area contributed by atoms with Gasteiger partial charge < -0.3 is 10.1 Å². The van der Waals surface area contributed by atoms with E-state index in [2.05, 4.69) is 15.5 Å². The number of nitrogens with one attached hydrogen (secondary N) is 2. The molecule has 2 heterocycles. The lowest BCUT2D eigenvalue weighted by molar-refractivity contribution is -0.112. The second-order valence-electron chi connectivity index (χ2n) is 8.09. The Kier molecular flexibility index (Phi) is 7.55. The number of carbonyl (C=O) groups is 2. The highest BCUT2D eigenvalue weighted by molar-refractivity contribution is 7.17. The highest BCUT2D eigenvalue weighted by atomic mass is 32.1. The van der Waals surface area contributed by atoms with E-state index in [9.17, 15) is 14.9 Å². The minimum absolute atomic E-state index is 0.0738. The molecule has 0 aliphatic heterocycles. The van der Waals surface area contributed by atoms with E-state index in [4.69, 9.17) is 4.74 Å². The molecule has 0 spiro atoms. The van der Waals surface area contributed by atoms with E-state index in [1.807, 2.05) is 43.3 Å². The summed E-state index contributed by atoms with van der Waals surface area (Å²) in [7, 11) is 0. The number of anilines is 1. The number of benzene rings is 1. The Labute approximate surface area is 202 Å². The fourth-order valence-electron chi connectivity index (χ4n) is 3.97. The first-order valence-corrected chi connectivity index (χ1v) is 12.3. The molecule has 1 aromatic carbocycles. The molecular weight excluding hydrogens is 448 g/mol. The first kappa shape index (κ1) is 23.5. The molecule has 2 aromatic heterocycles. The average molecular weight is 475 g/mol. The van der Waals surface area contributed by atoms with Gasteiger partial charge in [-0.2, -0.15) is 10.4 Å². The molecule has 0 bridgehead atoms. The number of aryl methyl sites for hydroxylation is 1. The molecule has 0 fully saturated rings. The third-order valence-electron chi connectivity index (χ3n) is 5.73. The summed E-state index contributed by atoms with van der Waals surface area (Å²) >= 11 is 1.41. The molecule has 174 valence electrons. The van der Waals surface area contributed by atoms with Crippen molar-refractivity contribution >= 4 is 34.3 Å². The van der Waals surface area contributed by atoms with E-state index in [-0.39, 0.29) is 5.57 Å². The van der Waals surface area contributed by atoms with Crippen LogP contribution in [0.5, 0.6) is 0 Å². The average Bonchev–Trinajstić information content (AvgIpc) is 3.47. The molecule has 0 saturated heterocycles. The summed E-state index contributed by atoms with van der Waals surface area (Å²) < 4.78 is 5.48. The fraction of sp³-hybridized carbons (Fsp3) is 0.308. The SMILES string of the molecule is CCCCOC(=O)c1c(NC(=O)/C(C#N)=C/c2cn[nH]c2-c2ccccc2)sc2c1CCCC2. The molecule has 1 aliphatic carbocycles. The van der Waals surface area contributed by atoms with Gasteiger partial charge in [-0.25, -0.2) is 4.79 Å². The lowest BCUT2D eigenvalue weighted by Gasteiger charge is -2.12. The number of hydrogen-bond acceptors (Lipinski definition) is 6. The van der Waals surface area contributed by atoms with Gasteiger partial charge in [0.1, 0.15) is 16.6 Å². The molecule has 7 nitrogen and oxygen atoms in total. The van der Waals surface area contributed by atoms with Crippen molar-refractivity contribution in [1.82, 2.24) is 10.2 Å². The zero-order valence-electron chi connectivity index (χ0n) is 19.0. The number of ether oxygens (including phenoxy) is 1. The van der Waals surface area contributed by atoms with Crippen molar-refractivity contribution in [1.29, 1.82) is 5.26 Å². The zero-order chi connectivity index (χ0) is 23.9. The van der Waals surface area contributed by atoms with Crippen LogP contribution in [0.2, 0.25) is 0 Å². The maximum Gasteiger partial charge on any atom is 0.341 e. The van der Waals surface area contributed by atoms with E-state index >= 15 is 0 Å². The smallest absolute Gasteiger partial charge is 0.341 e. The molecule has 8 heteroatoms. The second kappa shape index (κ2) is 10.9. The van der Waals surface area contributed by atoms with Crippen molar-refractivity contribution in [3.05, 3.63) is 63.7 Å². The van der Waals surface area contributed by atoms with E-state index in [1.165, 1.54) is 17.4 Å². The predicted octanol–water partition coefficient (Wildman–Crippen LogP) is 5.52. The largest absolute Gasteiger partial charge is 0.462 e. The van der Waals surface area contributed by atoms with E-state index in [1.54, 1.807) is 6.20 Å². The summed E-state index contributed by atoms with van der Waals surface area (Å²) in [4.78, 5) is 27.1. The minimum Gasteiger partial charge on any atom is -0.462 e. The first-order chi connectivity index (χ1) is 16.6. The Morgan fingerprint density at radius 1 is 1.26 bits per heavy atom. The van der Waals surface area contributed by atoms with Crippen molar-refractivity contribution in [2.45, 2.75) is 45.4 Å². The van der Waals surface area contributed by atoms with Crippen molar-refractivity contribution in [3.8, 4) is 17.3 Å². The van der Waals surface area contributed by atoms with Crippen LogP contribution in [-0.2, 0) is 22.4 Å². The molecule has 0 atom stereocenters.